The fourth-order valence-electron chi connectivity index (χ4n) is 2.71. The Morgan fingerprint density at radius 2 is 2.25 bits per heavy atom. The fourth-order valence-corrected chi connectivity index (χ4v) is 2.71. The van der Waals surface area contributed by atoms with Crippen molar-refractivity contribution in [1.29, 1.82) is 0 Å². The Labute approximate surface area is 125 Å². The van der Waals surface area contributed by atoms with E-state index in [4.69, 9.17) is 5.73 Å². The first-order valence-electron chi connectivity index (χ1n) is 6.94. The van der Waals surface area contributed by atoms with E-state index in [9.17, 15) is 9.18 Å². The molecule has 1 atom stereocenters. The molecule has 1 unspecified atom stereocenters. The van der Waals surface area contributed by atoms with E-state index in [0.717, 1.165) is 37.8 Å². The summed E-state index contributed by atoms with van der Waals surface area (Å²) in [7, 11) is 0. The zero-order chi connectivity index (χ0) is 13.7. The van der Waals surface area contributed by atoms with E-state index in [1.54, 1.807) is 12.1 Å². The van der Waals surface area contributed by atoms with Crippen molar-refractivity contribution in [3.05, 3.63) is 35.6 Å². The third kappa shape index (κ3) is 4.46. The van der Waals surface area contributed by atoms with Gasteiger partial charge < -0.3 is 10.6 Å². The van der Waals surface area contributed by atoms with E-state index in [2.05, 4.69) is 0 Å². The number of likely N-dealkylation sites (tertiary alicyclic amines) is 1. The van der Waals surface area contributed by atoms with Crippen molar-refractivity contribution in [3.63, 3.8) is 0 Å². The lowest BCUT2D eigenvalue weighted by molar-refractivity contribution is -0.132. The first kappa shape index (κ1) is 16.9. The summed E-state index contributed by atoms with van der Waals surface area (Å²) >= 11 is 0. The number of hydrogen-bond acceptors (Lipinski definition) is 2. The second-order valence-corrected chi connectivity index (χ2v) is 5.11. The van der Waals surface area contributed by atoms with Gasteiger partial charge in [0.25, 0.3) is 0 Å². The second-order valence-electron chi connectivity index (χ2n) is 5.11. The van der Waals surface area contributed by atoms with Crippen molar-refractivity contribution in [2.75, 3.05) is 13.1 Å². The third-order valence-electron chi connectivity index (χ3n) is 3.65. The van der Waals surface area contributed by atoms with E-state index < -0.39 is 0 Å². The van der Waals surface area contributed by atoms with E-state index >= 15 is 0 Å². The Balaban J connectivity index is 0.00000200. The topological polar surface area (TPSA) is 46.3 Å². The van der Waals surface area contributed by atoms with Gasteiger partial charge in [0.15, 0.2) is 0 Å². The largest absolute Gasteiger partial charge is 0.339 e. The van der Waals surface area contributed by atoms with Crippen LogP contribution in [0.3, 0.4) is 0 Å². The molecule has 0 spiro atoms. The van der Waals surface area contributed by atoms with E-state index in [-0.39, 0.29) is 30.2 Å². The number of carbonyl (C=O) groups is 1. The Kier molecular flexibility index (Phi) is 6.96. The number of nitrogens with two attached hydrogens (primary N) is 1. The van der Waals surface area contributed by atoms with Crippen LogP contribution in [0.15, 0.2) is 24.3 Å². The molecule has 1 aromatic rings. The summed E-state index contributed by atoms with van der Waals surface area (Å²) in [6.07, 6.45) is 4.05. The average Bonchev–Trinajstić information content (AvgIpc) is 2.84. The van der Waals surface area contributed by atoms with Crippen LogP contribution in [0.4, 0.5) is 4.39 Å². The third-order valence-corrected chi connectivity index (χ3v) is 3.65. The Morgan fingerprint density at radius 3 is 2.95 bits per heavy atom. The van der Waals surface area contributed by atoms with Crippen LogP contribution in [0.1, 0.15) is 31.2 Å². The van der Waals surface area contributed by atoms with Crippen molar-refractivity contribution >= 4 is 18.3 Å². The standard InChI is InChI=1S/C15H21FN2O.ClH/c16-13-5-1-4-12(10-13)11-14-6-3-9-18(14)15(19)7-2-8-17;/h1,4-5,10,14H,2-3,6-9,11,17H2;1H. The van der Waals surface area contributed by atoms with Crippen molar-refractivity contribution in [3.8, 4) is 0 Å². The van der Waals surface area contributed by atoms with Gasteiger partial charge in [-0.3, -0.25) is 4.79 Å². The molecule has 0 aliphatic carbocycles. The molecule has 3 nitrogen and oxygen atoms in total. The van der Waals surface area contributed by atoms with Gasteiger partial charge in [0.1, 0.15) is 5.82 Å². The van der Waals surface area contributed by atoms with Crippen LogP contribution in [-0.2, 0) is 11.2 Å². The molecular formula is C15H22ClFN2O. The Hall–Kier alpha value is -1.13. The lowest BCUT2D eigenvalue weighted by Gasteiger charge is -2.25. The van der Waals surface area contributed by atoms with Gasteiger partial charge >= 0.3 is 0 Å². The van der Waals surface area contributed by atoms with Crippen LogP contribution >= 0.6 is 12.4 Å². The summed E-state index contributed by atoms with van der Waals surface area (Å²) in [5.41, 5.74) is 6.40. The molecule has 1 aliphatic rings. The summed E-state index contributed by atoms with van der Waals surface area (Å²) in [4.78, 5) is 14.0. The molecule has 2 N–H and O–H groups in total. The maximum absolute atomic E-state index is 13.2. The molecule has 1 aliphatic heterocycles. The Morgan fingerprint density at radius 1 is 1.45 bits per heavy atom. The molecule has 0 aromatic heterocycles. The normalized spacial score (nSPS) is 17.9. The number of benzene rings is 1. The zero-order valence-electron chi connectivity index (χ0n) is 11.6. The van der Waals surface area contributed by atoms with E-state index in [1.807, 2.05) is 11.0 Å². The highest BCUT2D eigenvalue weighted by molar-refractivity contribution is 5.85. The van der Waals surface area contributed by atoms with Gasteiger partial charge in [-0.05, 0) is 49.9 Å². The predicted octanol–water partition coefficient (Wildman–Crippen LogP) is 2.52. The molecule has 0 bridgehead atoms. The summed E-state index contributed by atoms with van der Waals surface area (Å²) in [5, 5.41) is 0. The van der Waals surface area contributed by atoms with Crippen LogP contribution in [0, 0.1) is 5.82 Å². The highest BCUT2D eigenvalue weighted by Gasteiger charge is 2.28. The summed E-state index contributed by atoms with van der Waals surface area (Å²) < 4.78 is 13.2. The molecule has 1 fully saturated rings. The molecule has 1 heterocycles. The number of carbonyl (C=O) groups excluding carboxylic acids is 1. The molecule has 1 amide bonds. The van der Waals surface area contributed by atoms with Crippen LogP contribution in [0.25, 0.3) is 0 Å². The lowest BCUT2D eigenvalue weighted by atomic mass is 10.0. The van der Waals surface area contributed by atoms with Crippen molar-refractivity contribution < 1.29 is 9.18 Å². The highest BCUT2D eigenvalue weighted by Crippen LogP contribution is 2.22. The van der Waals surface area contributed by atoms with Gasteiger partial charge in [0, 0.05) is 19.0 Å². The SMILES string of the molecule is Cl.NCCCC(=O)N1CCCC1Cc1cccc(F)c1. The molecule has 1 saturated heterocycles. The first-order chi connectivity index (χ1) is 9.20. The Bertz CT molecular complexity index is 442. The number of nitrogens with zero attached hydrogens (tertiary/aromatic N) is 1. The van der Waals surface area contributed by atoms with Crippen molar-refractivity contribution in [2.45, 2.75) is 38.1 Å². The summed E-state index contributed by atoms with van der Waals surface area (Å²) in [5.74, 6) is -0.0270. The molecule has 20 heavy (non-hydrogen) atoms. The fraction of sp³-hybridized carbons (Fsp3) is 0.533. The first-order valence-corrected chi connectivity index (χ1v) is 6.94. The zero-order valence-corrected chi connectivity index (χ0v) is 12.4. The minimum atomic E-state index is -0.212. The predicted molar refractivity (Wildman–Crippen MR) is 80.4 cm³/mol. The van der Waals surface area contributed by atoms with Gasteiger partial charge in [0.2, 0.25) is 5.91 Å². The van der Waals surface area contributed by atoms with Crippen LogP contribution in [0.5, 0.6) is 0 Å². The molecular weight excluding hydrogens is 279 g/mol. The van der Waals surface area contributed by atoms with Crippen LogP contribution in [0.2, 0.25) is 0 Å². The number of hydrogen-bond donors (Lipinski definition) is 1. The van der Waals surface area contributed by atoms with Gasteiger partial charge in [-0.25, -0.2) is 4.39 Å². The van der Waals surface area contributed by atoms with Crippen molar-refractivity contribution in [2.24, 2.45) is 5.73 Å². The van der Waals surface area contributed by atoms with Gasteiger partial charge in [-0.15, -0.1) is 12.4 Å². The summed E-state index contributed by atoms with van der Waals surface area (Å²) in [6.45, 7) is 1.37. The molecule has 112 valence electrons. The van der Waals surface area contributed by atoms with Gasteiger partial charge in [-0.1, -0.05) is 12.1 Å². The monoisotopic (exact) mass is 300 g/mol. The lowest BCUT2D eigenvalue weighted by Crippen LogP contribution is -2.36. The van der Waals surface area contributed by atoms with Crippen LogP contribution in [-0.4, -0.2) is 29.9 Å². The van der Waals surface area contributed by atoms with E-state index in [1.165, 1.54) is 6.07 Å². The smallest absolute Gasteiger partial charge is 0.222 e. The second kappa shape index (κ2) is 8.22. The molecule has 1 aromatic carbocycles. The van der Waals surface area contributed by atoms with Gasteiger partial charge in [-0.2, -0.15) is 0 Å². The molecule has 0 radical (unpaired) electrons. The highest BCUT2D eigenvalue weighted by atomic mass is 35.5. The molecule has 5 heteroatoms. The molecule has 2 rings (SSSR count). The number of amides is 1. The minimum absolute atomic E-state index is 0. The minimum Gasteiger partial charge on any atom is -0.339 e. The maximum atomic E-state index is 13.2. The van der Waals surface area contributed by atoms with Gasteiger partial charge in [0.05, 0.1) is 0 Å². The quantitative estimate of drug-likeness (QED) is 0.908. The number of halogens is 2. The summed E-state index contributed by atoms with van der Waals surface area (Å²) in [6, 6.07) is 6.86. The number of rotatable bonds is 5. The van der Waals surface area contributed by atoms with Crippen molar-refractivity contribution in [1.82, 2.24) is 4.90 Å². The van der Waals surface area contributed by atoms with E-state index in [0.29, 0.717) is 13.0 Å². The molecule has 0 saturated carbocycles. The van der Waals surface area contributed by atoms with Crippen LogP contribution < -0.4 is 5.73 Å². The maximum Gasteiger partial charge on any atom is 0.222 e. The average molecular weight is 301 g/mol.